The molecule has 1 saturated heterocycles. The van der Waals surface area contributed by atoms with Gasteiger partial charge in [0.25, 0.3) is 0 Å². The highest BCUT2D eigenvalue weighted by Crippen LogP contribution is 2.33. The molecule has 2 atom stereocenters. The Morgan fingerprint density at radius 1 is 1.40 bits per heavy atom. The molecule has 1 heterocycles. The van der Waals surface area contributed by atoms with E-state index in [0.717, 1.165) is 30.6 Å². The van der Waals surface area contributed by atoms with Crippen LogP contribution in [-0.2, 0) is 11.2 Å². The summed E-state index contributed by atoms with van der Waals surface area (Å²) in [6.07, 6.45) is 3.20. The lowest BCUT2D eigenvalue weighted by Crippen LogP contribution is -2.21. The maximum Gasteiger partial charge on any atom is 0.140 e. The van der Waals surface area contributed by atoms with Crippen LogP contribution in [0, 0.1) is 11.3 Å². The fraction of sp³-hybridized carbons (Fsp3) is 0.417. The third-order valence-corrected chi connectivity index (χ3v) is 4.60. The number of benzene rings is 1. The van der Waals surface area contributed by atoms with Crippen molar-refractivity contribution in [3.8, 4) is 6.07 Å². The van der Waals surface area contributed by atoms with Gasteiger partial charge in [-0.1, -0.05) is 12.1 Å². The highest BCUT2D eigenvalue weighted by Gasteiger charge is 2.27. The Kier molecular flexibility index (Phi) is 3.30. The number of rotatable bonds is 1. The first kappa shape index (κ1) is 10.5. The minimum absolute atomic E-state index is 0.145. The highest BCUT2D eigenvalue weighted by molar-refractivity contribution is 7.91. The van der Waals surface area contributed by atoms with Gasteiger partial charge in [0, 0.05) is 5.56 Å². The van der Waals surface area contributed by atoms with Gasteiger partial charge in [-0.15, -0.1) is 0 Å². The minimum atomic E-state index is -0.749. The van der Waals surface area contributed by atoms with Crippen LogP contribution in [0.5, 0.6) is 0 Å². The molecule has 0 amide bonds. The predicted molar refractivity (Wildman–Crippen MR) is 60.8 cm³/mol. The third kappa shape index (κ3) is 2.34. The van der Waals surface area contributed by atoms with Gasteiger partial charge < -0.3 is 4.55 Å². The van der Waals surface area contributed by atoms with Crippen LogP contribution in [0.25, 0.3) is 0 Å². The monoisotopic (exact) mass is 219 g/mol. The van der Waals surface area contributed by atoms with Crippen molar-refractivity contribution in [3.05, 3.63) is 35.4 Å². The average molecular weight is 219 g/mol. The molecule has 2 nitrogen and oxygen atoms in total. The molecular weight excluding hydrogens is 206 g/mol. The van der Waals surface area contributed by atoms with Crippen molar-refractivity contribution in [1.82, 2.24) is 0 Å². The molecule has 0 spiro atoms. The number of nitrogens with zero attached hydrogens (tertiary/aromatic N) is 1. The molecule has 0 aromatic heterocycles. The molecule has 15 heavy (non-hydrogen) atoms. The molecule has 1 aliphatic rings. The average Bonchev–Trinajstić information content (AvgIpc) is 2.30. The summed E-state index contributed by atoms with van der Waals surface area (Å²) >= 11 is -0.749. The molecule has 0 aliphatic carbocycles. The fourth-order valence-corrected chi connectivity index (χ4v) is 3.63. The molecule has 2 unspecified atom stereocenters. The molecular formula is C12H13NOS. The Hall–Kier alpha value is -0.980. The van der Waals surface area contributed by atoms with Gasteiger partial charge in [-0.25, -0.2) is 0 Å². The predicted octanol–water partition coefficient (Wildman–Crippen LogP) is 2.53. The van der Waals surface area contributed by atoms with Gasteiger partial charge in [0.2, 0.25) is 0 Å². The molecule has 0 N–H and O–H groups in total. The van der Waals surface area contributed by atoms with E-state index in [1.807, 2.05) is 18.2 Å². The zero-order valence-corrected chi connectivity index (χ0v) is 9.30. The van der Waals surface area contributed by atoms with E-state index >= 15 is 0 Å². The van der Waals surface area contributed by atoms with Crippen LogP contribution in [0.15, 0.2) is 24.3 Å². The lowest BCUT2D eigenvalue weighted by molar-refractivity contribution is 0.545. The number of hydrogen-bond donors (Lipinski definition) is 0. The van der Waals surface area contributed by atoms with Gasteiger partial charge in [0.1, 0.15) is 11.0 Å². The van der Waals surface area contributed by atoms with Gasteiger partial charge in [0.15, 0.2) is 0 Å². The normalized spacial score (nSPS) is 25.9. The van der Waals surface area contributed by atoms with Crippen LogP contribution in [0.1, 0.15) is 35.6 Å². The van der Waals surface area contributed by atoms with Gasteiger partial charge >= 0.3 is 0 Å². The smallest absolute Gasteiger partial charge is 0.140 e. The molecule has 0 bridgehead atoms. The summed E-state index contributed by atoms with van der Waals surface area (Å²) in [5, 5.41) is 8.95. The molecule has 3 heteroatoms. The number of hydrogen-bond acceptors (Lipinski definition) is 2. The molecule has 1 fully saturated rings. The van der Waals surface area contributed by atoms with E-state index in [1.165, 1.54) is 0 Å². The summed E-state index contributed by atoms with van der Waals surface area (Å²) in [6.45, 7) is 0. The summed E-state index contributed by atoms with van der Waals surface area (Å²) in [5.74, 6) is 0.807. The summed E-state index contributed by atoms with van der Waals surface area (Å²) in [5.41, 5.74) is 1.72. The summed E-state index contributed by atoms with van der Waals surface area (Å²) in [6, 6.07) is 9.63. The van der Waals surface area contributed by atoms with Crippen molar-refractivity contribution in [3.63, 3.8) is 0 Å². The quantitative estimate of drug-likeness (QED) is 0.681. The van der Waals surface area contributed by atoms with E-state index in [-0.39, 0.29) is 5.25 Å². The molecule has 0 saturated carbocycles. The number of nitriles is 1. The zero-order valence-electron chi connectivity index (χ0n) is 8.48. The standard InChI is InChI=1S/C12H13NOS/c13-9-10-4-3-5-11(8-10)12-6-1-2-7-15(12)14/h3-5,8,12H,1-2,6-7H2. The first-order valence-corrected chi connectivity index (χ1v) is 6.57. The van der Waals surface area contributed by atoms with Crippen LogP contribution in [0.3, 0.4) is 0 Å². The largest absolute Gasteiger partial charge is 0.616 e. The van der Waals surface area contributed by atoms with Crippen LogP contribution >= 0.6 is 0 Å². The molecule has 78 valence electrons. The van der Waals surface area contributed by atoms with Gasteiger partial charge in [0.05, 0.1) is 11.6 Å². The van der Waals surface area contributed by atoms with E-state index < -0.39 is 11.2 Å². The Morgan fingerprint density at radius 3 is 3.00 bits per heavy atom. The van der Waals surface area contributed by atoms with Crippen LogP contribution < -0.4 is 0 Å². The topological polar surface area (TPSA) is 46.8 Å². The minimum Gasteiger partial charge on any atom is -0.616 e. The van der Waals surface area contributed by atoms with E-state index in [4.69, 9.17) is 5.26 Å². The molecule has 1 aromatic rings. The van der Waals surface area contributed by atoms with Crippen LogP contribution in [-0.4, -0.2) is 10.3 Å². The first-order chi connectivity index (χ1) is 7.31. The van der Waals surface area contributed by atoms with Gasteiger partial charge in [-0.05, 0) is 42.6 Å². The Morgan fingerprint density at radius 2 is 2.27 bits per heavy atom. The SMILES string of the molecule is N#Cc1cccc(C2CCCC[S+]2[O-])c1. The molecule has 1 aromatic carbocycles. The molecule has 2 rings (SSSR count). The second-order valence-electron chi connectivity index (χ2n) is 3.81. The second kappa shape index (κ2) is 4.69. The summed E-state index contributed by atoms with van der Waals surface area (Å²) in [7, 11) is 0. The Balaban J connectivity index is 2.24. The van der Waals surface area contributed by atoms with Gasteiger partial charge in [-0.3, -0.25) is 0 Å². The third-order valence-electron chi connectivity index (χ3n) is 2.77. The molecule has 1 aliphatic heterocycles. The van der Waals surface area contributed by atoms with Crippen molar-refractivity contribution in [2.45, 2.75) is 24.5 Å². The van der Waals surface area contributed by atoms with E-state index in [2.05, 4.69) is 6.07 Å². The van der Waals surface area contributed by atoms with E-state index in [1.54, 1.807) is 6.07 Å². The van der Waals surface area contributed by atoms with E-state index in [0.29, 0.717) is 5.56 Å². The van der Waals surface area contributed by atoms with Crippen LogP contribution in [0.2, 0.25) is 0 Å². The van der Waals surface area contributed by atoms with Gasteiger partial charge in [-0.2, -0.15) is 5.26 Å². The van der Waals surface area contributed by atoms with Crippen molar-refractivity contribution in [2.24, 2.45) is 0 Å². The van der Waals surface area contributed by atoms with Crippen molar-refractivity contribution in [2.75, 3.05) is 5.75 Å². The zero-order chi connectivity index (χ0) is 10.7. The van der Waals surface area contributed by atoms with Crippen molar-refractivity contribution < 1.29 is 4.55 Å². The first-order valence-electron chi connectivity index (χ1n) is 5.18. The summed E-state index contributed by atoms with van der Waals surface area (Å²) < 4.78 is 11.8. The second-order valence-corrected chi connectivity index (χ2v) is 5.55. The summed E-state index contributed by atoms with van der Waals surface area (Å²) in [4.78, 5) is 0. The lowest BCUT2D eigenvalue weighted by atomic mass is 10.0. The Bertz CT molecular complexity index is 385. The highest BCUT2D eigenvalue weighted by atomic mass is 32.2. The van der Waals surface area contributed by atoms with Crippen molar-refractivity contribution >= 4 is 11.2 Å². The van der Waals surface area contributed by atoms with Crippen molar-refractivity contribution in [1.29, 1.82) is 5.26 Å². The fourth-order valence-electron chi connectivity index (χ4n) is 1.97. The molecule has 0 radical (unpaired) electrons. The van der Waals surface area contributed by atoms with E-state index in [9.17, 15) is 4.55 Å². The van der Waals surface area contributed by atoms with Crippen LogP contribution in [0.4, 0.5) is 0 Å². The lowest BCUT2D eigenvalue weighted by Gasteiger charge is -2.26. The Labute approximate surface area is 93.1 Å². The maximum atomic E-state index is 11.8. The maximum absolute atomic E-state index is 11.8.